The number of rotatable bonds is 8. The van der Waals surface area contributed by atoms with Gasteiger partial charge in [0.2, 0.25) is 5.91 Å². The number of carbonyl (C=O) groups excluding carboxylic acids is 3. The van der Waals surface area contributed by atoms with Crippen LogP contribution in [0, 0.1) is 0 Å². The lowest BCUT2D eigenvalue weighted by atomic mass is 10.2. The van der Waals surface area contributed by atoms with Gasteiger partial charge >= 0.3 is 5.97 Å². The van der Waals surface area contributed by atoms with Gasteiger partial charge in [-0.05, 0) is 49.4 Å². The van der Waals surface area contributed by atoms with E-state index in [2.05, 4.69) is 10.3 Å². The third-order valence-electron chi connectivity index (χ3n) is 4.43. The van der Waals surface area contributed by atoms with Crippen molar-refractivity contribution in [2.45, 2.75) is 13.0 Å². The zero-order chi connectivity index (χ0) is 23.3. The van der Waals surface area contributed by atoms with Gasteiger partial charge in [0.25, 0.3) is 5.91 Å². The van der Waals surface area contributed by atoms with Gasteiger partial charge in [0.15, 0.2) is 23.3 Å². The second kappa shape index (κ2) is 9.92. The maximum Gasteiger partial charge on any atom is 0.358 e. The number of benzene rings is 2. The van der Waals surface area contributed by atoms with Crippen molar-refractivity contribution in [3.05, 3.63) is 59.1 Å². The van der Waals surface area contributed by atoms with Crippen LogP contribution in [-0.4, -0.2) is 43.1 Å². The summed E-state index contributed by atoms with van der Waals surface area (Å²) in [6.07, 6.45) is -1.07. The Kier molecular flexibility index (Phi) is 7.06. The number of anilines is 1. The van der Waals surface area contributed by atoms with Crippen LogP contribution in [0.3, 0.4) is 0 Å². The first kappa shape index (κ1) is 22.8. The van der Waals surface area contributed by atoms with Gasteiger partial charge in [-0.3, -0.25) is 9.59 Å². The van der Waals surface area contributed by atoms with Gasteiger partial charge in [0.1, 0.15) is 5.01 Å². The molecule has 0 saturated heterocycles. The Balaban J connectivity index is 1.64. The van der Waals surface area contributed by atoms with E-state index < -0.39 is 23.9 Å². The largest absolute Gasteiger partial charge is 0.493 e. The van der Waals surface area contributed by atoms with Crippen molar-refractivity contribution < 1.29 is 28.6 Å². The minimum absolute atomic E-state index is 0.0882. The molecular formula is C22H21N3O6S. The van der Waals surface area contributed by atoms with Crippen LogP contribution < -0.4 is 20.5 Å². The van der Waals surface area contributed by atoms with Crippen LogP contribution in [0.1, 0.15) is 27.8 Å². The Morgan fingerprint density at radius 1 is 1.03 bits per heavy atom. The molecule has 1 heterocycles. The molecule has 0 aliphatic carbocycles. The number of nitrogens with zero attached hydrogens (tertiary/aromatic N) is 1. The van der Waals surface area contributed by atoms with Gasteiger partial charge in [-0.2, -0.15) is 0 Å². The number of primary amides is 1. The van der Waals surface area contributed by atoms with Crippen molar-refractivity contribution in [2.24, 2.45) is 5.73 Å². The molecule has 0 fully saturated rings. The van der Waals surface area contributed by atoms with E-state index in [0.29, 0.717) is 27.8 Å². The smallest absolute Gasteiger partial charge is 0.358 e. The lowest BCUT2D eigenvalue weighted by Gasteiger charge is -2.13. The summed E-state index contributed by atoms with van der Waals surface area (Å²) in [4.78, 5) is 40.2. The monoisotopic (exact) mass is 455 g/mol. The van der Waals surface area contributed by atoms with E-state index in [1.807, 2.05) is 0 Å². The van der Waals surface area contributed by atoms with Crippen molar-refractivity contribution in [1.29, 1.82) is 0 Å². The highest BCUT2D eigenvalue weighted by Crippen LogP contribution is 2.33. The molecule has 2 amide bonds. The van der Waals surface area contributed by atoms with Crippen molar-refractivity contribution in [3.63, 3.8) is 0 Å². The molecule has 0 radical (unpaired) electrons. The molecule has 166 valence electrons. The standard InChI is InChI=1S/C22H21N3O6S/c1-12(20(27)24-15-7-4-13(5-8-15)19(23)26)31-22(28)16-11-32-21(25-16)14-6-9-17(29-2)18(10-14)30-3/h4-12H,1-3H3,(H2,23,26)(H,24,27). The number of nitrogens with one attached hydrogen (secondary N) is 1. The quantitative estimate of drug-likeness (QED) is 0.499. The third kappa shape index (κ3) is 5.22. The fourth-order valence-corrected chi connectivity index (χ4v) is 3.49. The highest BCUT2D eigenvalue weighted by Gasteiger charge is 2.21. The molecule has 1 atom stereocenters. The van der Waals surface area contributed by atoms with Crippen molar-refractivity contribution in [1.82, 2.24) is 4.98 Å². The lowest BCUT2D eigenvalue weighted by Crippen LogP contribution is -2.30. The lowest BCUT2D eigenvalue weighted by molar-refractivity contribution is -0.123. The second-order valence-electron chi connectivity index (χ2n) is 6.59. The van der Waals surface area contributed by atoms with Crippen molar-refractivity contribution >= 4 is 34.8 Å². The average Bonchev–Trinajstić information content (AvgIpc) is 3.29. The molecule has 3 N–H and O–H groups in total. The van der Waals surface area contributed by atoms with Crippen LogP contribution in [0.25, 0.3) is 10.6 Å². The highest BCUT2D eigenvalue weighted by atomic mass is 32.1. The number of amides is 2. The van der Waals surface area contributed by atoms with E-state index in [4.69, 9.17) is 19.9 Å². The Hall–Kier alpha value is -3.92. The van der Waals surface area contributed by atoms with Gasteiger partial charge in [0.05, 0.1) is 14.2 Å². The Morgan fingerprint density at radius 2 is 1.72 bits per heavy atom. The van der Waals surface area contributed by atoms with Gasteiger partial charge in [0, 0.05) is 22.2 Å². The number of esters is 1. The summed E-state index contributed by atoms with van der Waals surface area (Å²) < 4.78 is 15.7. The number of ether oxygens (including phenoxy) is 3. The summed E-state index contributed by atoms with van der Waals surface area (Å²) in [5.74, 6) is -0.698. The third-order valence-corrected chi connectivity index (χ3v) is 5.33. The summed E-state index contributed by atoms with van der Waals surface area (Å²) in [5.41, 5.74) is 6.78. The van der Waals surface area contributed by atoms with E-state index in [1.165, 1.54) is 49.6 Å². The molecule has 0 bridgehead atoms. The predicted molar refractivity (Wildman–Crippen MR) is 119 cm³/mol. The molecule has 2 aromatic carbocycles. The molecule has 3 rings (SSSR count). The minimum Gasteiger partial charge on any atom is -0.493 e. The number of nitrogens with two attached hydrogens (primary N) is 1. The minimum atomic E-state index is -1.07. The van der Waals surface area contributed by atoms with Crippen LogP contribution in [0.4, 0.5) is 5.69 Å². The molecule has 0 aliphatic heterocycles. The first-order chi connectivity index (χ1) is 15.3. The molecule has 9 nitrogen and oxygen atoms in total. The highest BCUT2D eigenvalue weighted by molar-refractivity contribution is 7.13. The first-order valence-corrected chi connectivity index (χ1v) is 10.3. The van der Waals surface area contributed by atoms with Crippen molar-refractivity contribution in [3.8, 4) is 22.1 Å². The molecule has 3 aromatic rings. The summed E-state index contributed by atoms with van der Waals surface area (Å²) in [5, 5.41) is 4.75. The molecule has 0 aliphatic rings. The van der Waals surface area contributed by atoms with Crippen LogP contribution in [0.5, 0.6) is 11.5 Å². The van der Waals surface area contributed by atoms with E-state index >= 15 is 0 Å². The molecule has 10 heteroatoms. The van der Waals surface area contributed by atoms with Crippen molar-refractivity contribution in [2.75, 3.05) is 19.5 Å². The maximum atomic E-state index is 12.4. The Morgan fingerprint density at radius 3 is 2.34 bits per heavy atom. The summed E-state index contributed by atoms with van der Waals surface area (Å²) in [7, 11) is 3.08. The second-order valence-corrected chi connectivity index (χ2v) is 7.44. The zero-order valence-electron chi connectivity index (χ0n) is 17.6. The van der Waals surface area contributed by atoms with E-state index in [9.17, 15) is 14.4 Å². The number of aromatic nitrogens is 1. The summed E-state index contributed by atoms with van der Waals surface area (Å²) >= 11 is 1.26. The van der Waals surface area contributed by atoms with Gasteiger partial charge in [-0.1, -0.05) is 0 Å². The Bertz CT molecular complexity index is 1140. The van der Waals surface area contributed by atoms with E-state index in [0.717, 1.165) is 5.56 Å². The topological polar surface area (TPSA) is 130 Å². The number of hydrogen-bond donors (Lipinski definition) is 2. The number of hydrogen-bond acceptors (Lipinski definition) is 8. The molecule has 0 spiro atoms. The molecule has 0 saturated carbocycles. The van der Waals surface area contributed by atoms with Crippen LogP contribution in [0.2, 0.25) is 0 Å². The SMILES string of the molecule is COc1ccc(-c2nc(C(=O)OC(C)C(=O)Nc3ccc(C(N)=O)cc3)cs2)cc1OC. The average molecular weight is 455 g/mol. The predicted octanol–water partition coefficient (Wildman–Crippen LogP) is 3.11. The normalized spacial score (nSPS) is 11.3. The van der Waals surface area contributed by atoms with Gasteiger partial charge in [-0.25, -0.2) is 9.78 Å². The number of thiazole rings is 1. The fourth-order valence-electron chi connectivity index (χ4n) is 2.71. The molecule has 1 aromatic heterocycles. The summed E-state index contributed by atoms with van der Waals surface area (Å²) in [6.45, 7) is 1.45. The Labute approximate surface area is 188 Å². The zero-order valence-corrected chi connectivity index (χ0v) is 18.4. The van der Waals surface area contributed by atoms with E-state index in [1.54, 1.807) is 30.7 Å². The number of carbonyl (C=O) groups is 3. The first-order valence-electron chi connectivity index (χ1n) is 9.42. The van der Waals surface area contributed by atoms with E-state index in [-0.39, 0.29) is 5.69 Å². The van der Waals surface area contributed by atoms with Crippen LogP contribution in [0.15, 0.2) is 47.8 Å². The molecule has 1 unspecified atom stereocenters. The molecular weight excluding hydrogens is 434 g/mol. The fraction of sp³-hybridized carbons (Fsp3) is 0.182. The van der Waals surface area contributed by atoms with Gasteiger partial charge in [-0.15, -0.1) is 11.3 Å². The van der Waals surface area contributed by atoms with Gasteiger partial charge < -0.3 is 25.3 Å². The molecule has 32 heavy (non-hydrogen) atoms. The summed E-state index contributed by atoms with van der Waals surface area (Å²) in [6, 6.07) is 11.3. The van der Waals surface area contributed by atoms with Crippen LogP contribution >= 0.6 is 11.3 Å². The van der Waals surface area contributed by atoms with Crippen LogP contribution in [-0.2, 0) is 9.53 Å². The number of methoxy groups -OCH3 is 2. The maximum absolute atomic E-state index is 12.4.